The van der Waals surface area contributed by atoms with Crippen molar-refractivity contribution >= 4 is 0 Å². The minimum absolute atomic E-state index is 0.864. The van der Waals surface area contributed by atoms with Crippen LogP contribution in [0.3, 0.4) is 0 Å². The summed E-state index contributed by atoms with van der Waals surface area (Å²) in [7, 11) is 0. The lowest BCUT2D eigenvalue weighted by Gasteiger charge is -2.18. The van der Waals surface area contributed by atoms with Crippen LogP contribution in [0.25, 0.3) is 0 Å². The molecule has 2 rings (SSSR count). The first-order chi connectivity index (χ1) is 5.90. The highest BCUT2D eigenvalue weighted by Crippen LogP contribution is 2.27. The van der Waals surface area contributed by atoms with Crippen LogP contribution in [0.4, 0.5) is 0 Å². The molecule has 0 unspecified atom stereocenters. The van der Waals surface area contributed by atoms with E-state index < -0.39 is 0 Å². The van der Waals surface area contributed by atoms with Gasteiger partial charge in [-0.05, 0) is 19.3 Å². The number of nitrogens with zero attached hydrogens (tertiary/aromatic N) is 3. The Morgan fingerprint density at radius 1 is 1.08 bits per heavy atom. The predicted molar refractivity (Wildman–Crippen MR) is 46.4 cm³/mol. The van der Waals surface area contributed by atoms with E-state index in [1.165, 1.54) is 19.4 Å². The van der Waals surface area contributed by atoms with Gasteiger partial charge in [0.05, 0.1) is 0 Å². The van der Waals surface area contributed by atoms with E-state index in [9.17, 15) is 0 Å². The molecule has 0 aromatic rings. The Morgan fingerprint density at radius 3 is 2.58 bits per heavy atom. The van der Waals surface area contributed by atoms with Gasteiger partial charge in [-0.3, -0.25) is 4.90 Å². The molecule has 1 saturated heterocycles. The third kappa shape index (κ3) is 1.70. The molecule has 0 atom stereocenters. The summed E-state index contributed by atoms with van der Waals surface area (Å²) in [5, 5.41) is 8.71. The maximum Gasteiger partial charge on any atom is 0.179 e. The van der Waals surface area contributed by atoms with Gasteiger partial charge in [0.1, 0.15) is 0 Å². The Bertz CT molecular complexity index is 192. The second-order valence-corrected chi connectivity index (χ2v) is 3.71. The molecule has 2 aliphatic rings. The second-order valence-electron chi connectivity index (χ2n) is 3.71. The molecule has 0 amide bonds. The second kappa shape index (κ2) is 3.32. The zero-order chi connectivity index (χ0) is 8.39. The van der Waals surface area contributed by atoms with E-state index in [0.29, 0.717) is 0 Å². The third-order valence-electron chi connectivity index (χ3n) is 2.74. The minimum Gasteiger partial charge on any atom is -0.309 e. The summed E-state index contributed by atoms with van der Waals surface area (Å²) in [6.45, 7) is 4.19. The molecule has 1 heterocycles. The van der Waals surface area contributed by atoms with Crippen molar-refractivity contribution in [3.8, 4) is 6.19 Å². The van der Waals surface area contributed by atoms with E-state index in [1.54, 1.807) is 0 Å². The number of hydrogen-bond donors (Lipinski definition) is 0. The third-order valence-corrected chi connectivity index (χ3v) is 2.74. The highest BCUT2D eigenvalue weighted by atomic mass is 15.2. The van der Waals surface area contributed by atoms with E-state index >= 15 is 0 Å². The van der Waals surface area contributed by atoms with Crippen LogP contribution in [0, 0.1) is 11.5 Å². The topological polar surface area (TPSA) is 30.3 Å². The van der Waals surface area contributed by atoms with Gasteiger partial charge in [0, 0.05) is 32.2 Å². The summed E-state index contributed by atoms with van der Waals surface area (Å²) in [5.41, 5.74) is 0. The molecule has 0 bridgehead atoms. The fraction of sp³-hybridized carbons (Fsp3) is 0.889. The van der Waals surface area contributed by atoms with Crippen molar-refractivity contribution in [2.24, 2.45) is 0 Å². The molecule has 0 N–H and O–H groups in total. The first kappa shape index (κ1) is 7.88. The number of hydrogen-bond acceptors (Lipinski definition) is 3. The summed E-state index contributed by atoms with van der Waals surface area (Å²) in [5.74, 6) is 0. The Hall–Kier alpha value is -0.750. The van der Waals surface area contributed by atoms with Gasteiger partial charge in [-0.25, -0.2) is 0 Å². The largest absolute Gasteiger partial charge is 0.309 e. The van der Waals surface area contributed by atoms with Crippen LogP contribution in [0.1, 0.15) is 19.3 Å². The maximum absolute atomic E-state index is 8.71. The van der Waals surface area contributed by atoms with Crippen LogP contribution in [0.5, 0.6) is 0 Å². The first-order valence-corrected chi connectivity index (χ1v) is 4.79. The van der Waals surface area contributed by atoms with Gasteiger partial charge in [0.15, 0.2) is 6.19 Å². The van der Waals surface area contributed by atoms with Crippen LogP contribution in [0.15, 0.2) is 0 Å². The summed E-state index contributed by atoms with van der Waals surface area (Å²) in [4.78, 5) is 4.42. The molecular weight excluding hydrogens is 150 g/mol. The molecule has 1 aliphatic heterocycles. The van der Waals surface area contributed by atoms with Crippen molar-refractivity contribution in [1.82, 2.24) is 9.80 Å². The number of nitriles is 1. The highest BCUT2D eigenvalue weighted by molar-refractivity contribution is 4.88. The lowest BCUT2D eigenvalue weighted by Crippen LogP contribution is -2.30. The van der Waals surface area contributed by atoms with Gasteiger partial charge in [0.25, 0.3) is 0 Å². The summed E-state index contributed by atoms with van der Waals surface area (Å²) in [6.07, 6.45) is 6.15. The zero-order valence-corrected chi connectivity index (χ0v) is 7.37. The Morgan fingerprint density at radius 2 is 1.92 bits per heavy atom. The molecule has 0 spiro atoms. The quantitative estimate of drug-likeness (QED) is 0.534. The SMILES string of the molecule is N#CN1CCCN(C2CC2)CC1. The lowest BCUT2D eigenvalue weighted by atomic mass is 10.4. The smallest absolute Gasteiger partial charge is 0.179 e. The van der Waals surface area contributed by atoms with E-state index in [4.69, 9.17) is 5.26 Å². The Labute approximate surface area is 73.6 Å². The average molecular weight is 165 g/mol. The monoisotopic (exact) mass is 165 g/mol. The molecule has 1 saturated carbocycles. The van der Waals surface area contributed by atoms with Gasteiger partial charge in [-0.1, -0.05) is 0 Å². The molecule has 3 nitrogen and oxygen atoms in total. The average Bonchev–Trinajstić information content (AvgIpc) is 2.91. The molecule has 0 radical (unpaired) electrons. The van der Waals surface area contributed by atoms with Crippen LogP contribution in [-0.2, 0) is 0 Å². The summed E-state index contributed by atoms with van der Waals surface area (Å²) >= 11 is 0. The van der Waals surface area contributed by atoms with Gasteiger partial charge < -0.3 is 4.90 Å². The summed E-state index contributed by atoms with van der Waals surface area (Å²) < 4.78 is 0. The molecule has 3 heteroatoms. The van der Waals surface area contributed by atoms with E-state index in [1.807, 2.05) is 4.90 Å². The molecule has 0 aromatic heterocycles. The van der Waals surface area contributed by atoms with E-state index in [2.05, 4.69) is 11.1 Å². The maximum atomic E-state index is 8.71. The van der Waals surface area contributed by atoms with Crippen molar-refractivity contribution < 1.29 is 0 Å². The van der Waals surface area contributed by atoms with Crippen LogP contribution >= 0.6 is 0 Å². The van der Waals surface area contributed by atoms with Crippen molar-refractivity contribution in [2.75, 3.05) is 26.2 Å². The van der Waals surface area contributed by atoms with Crippen molar-refractivity contribution in [2.45, 2.75) is 25.3 Å². The van der Waals surface area contributed by atoms with E-state index in [0.717, 1.165) is 32.1 Å². The Balaban J connectivity index is 1.84. The first-order valence-electron chi connectivity index (χ1n) is 4.79. The highest BCUT2D eigenvalue weighted by Gasteiger charge is 2.29. The minimum atomic E-state index is 0.864. The van der Waals surface area contributed by atoms with Crippen LogP contribution in [-0.4, -0.2) is 42.0 Å². The summed E-state index contributed by atoms with van der Waals surface area (Å²) in [6, 6.07) is 0.864. The van der Waals surface area contributed by atoms with Crippen molar-refractivity contribution in [3.05, 3.63) is 0 Å². The van der Waals surface area contributed by atoms with Crippen LogP contribution in [0.2, 0.25) is 0 Å². The normalized spacial score (nSPS) is 26.4. The van der Waals surface area contributed by atoms with Crippen molar-refractivity contribution in [1.29, 1.82) is 5.26 Å². The molecule has 66 valence electrons. The number of rotatable bonds is 1. The lowest BCUT2D eigenvalue weighted by molar-refractivity contribution is 0.274. The molecular formula is C9H15N3. The fourth-order valence-corrected chi connectivity index (χ4v) is 1.84. The van der Waals surface area contributed by atoms with Gasteiger partial charge in [-0.2, -0.15) is 5.26 Å². The van der Waals surface area contributed by atoms with Gasteiger partial charge in [0.2, 0.25) is 0 Å². The van der Waals surface area contributed by atoms with E-state index in [-0.39, 0.29) is 0 Å². The van der Waals surface area contributed by atoms with Crippen LogP contribution < -0.4 is 0 Å². The standard InChI is InChI=1S/C9H15N3/c10-8-11-4-1-5-12(7-6-11)9-2-3-9/h9H,1-7H2. The molecule has 0 aromatic carbocycles. The molecule has 2 fully saturated rings. The Kier molecular flexibility index (Phi) is 2.18. The molecule has 12 heavy (non-hydrogen) atoms. The molecule has 1 aliphatic carbocycles. The fourth-order valence-electron chi connectivity index (χ4n) is 1.84. The van der Waals surface area contributed by atoms with Gasteiger partial charge in [-0.15, -0.1) is 0 Å². The van der Waals surface area contributed by atoms with Gasteiger partial charge >= 0.3 is 0 Å². The zero-order valence-electron chi connectivity index (χ0n) is 7.37. The predicted octanol–water partition coefficient (Wildman–Crippen LogP) is 0.638. The van der Waals surface area contributed by atoms with Crippen molar-refractivity contribution in [3.63, 3.8) is 0 Å².